The monoisotopic (exact) mass is 407 g/mol. The van der Waals surface area contributed by atoms with Gasteiger partial charge < -0.3 is 20.4 Å². The second-order valence-electron chi connectivity index (χ2n) is 7.52. The molecular weight excluding hydrogens is 378 g/mol. The van der Waals surface area contributed by atoms with Crippen molar-refractivity contribution in [2.75, 3.05) is 0 Å². The smallest absolute Gasteiger partial charge is 0.408 e. The van der Waals surface area contributed by atoms with Crippen LogP contribution in [0.2, 0.25) is 0 Å². The van der Waals surface area contributed by atoms with Crippen molar-refractivity contribution >= 4 is 22.9 Å². The number of nitrogens with one attached hydrogen (secondary N) is 3. The Balaban J connectivity index is 1.69. The summed E-state index contributed by atoms with van der Waals surface area (Å²) in [6.45, 7) is 4.20. The van der Waals surface area contributed by atoms with Crippen LogP contribution >= 0.6 is 0 Å². The third-order valence-corrected chi connectivity index (χ3v) is 5.03. The lowest BCUT2D eigenvalue weighted by Gasteiger charge is -2.21. The number of aromatic amines is 1. The molecule has 0 saturated heterocycles. The molecule has 3 rings (SSSR count). The molecule has 0 bridgehead atoms. The molecular formula is C24H29N3O3. The lowest BCUT2D eigenvalue weighted by molar-refractivity contribution is -0.123. The van der Waals surface area contributed by atoms with Gasteiger partial charge in [-0.1, -0.05) is 61.9 Å². The molecule has 30 heavy (non-hydrogen) atoms. The third kappa shape index (κ3) is 5.86. The van der Waals surface area contributed by atoms with Crippen LogP contribution in [0.1, 0.15) is 37.8 Å². The minimum Gasteiger partial charge on any atom is -0.445 e. The number of carbonyl (C=O) groups is 2. The number of H-pyrrole nitrogens is 1. The first-order chi connectivity index (χ1) is 14.6. The molecule has 1 unspecified atom stereocenters. The second-order valence-corrected chi connectivity index (χ2v) is 7.52. The average molecular weight is 408 g/mol. The molecule has 1 aromatic heterocycles. The van der Waals surface area contributed by atoms with Gasteiger partial charge in [0.1, 0.15) is 12.6 Å². The number of aromatic nitrogens is 1. The first-order valence-electron chi connectivity index (χ1n) is 10.4. The molecule has 2 atom stereocenters. The molecule has 0 spiro atoms. The fourth-order valence-electron chi connectivity index (χ4n) is 3.49. The number of benzene rings is 2. The number of alkyl carbamates (subject to hydrolysis) is 1. The van der Waals surface area contributed by atoms with Crippen molar-refractivity contribution in [2.24, 2.45) is 0 Å². The van der Waals surface area contributed by atoms with Gasteiger partial charge in [-0.25, -0.2) is 4.79 Å². The van der Waals surface area contributed by atoms with Crippen molar-refractivity contribution in [2.45, 2.75) is 51.8 Å². The van der Waals surface area contributed by atoms with Crippen LogP contribution in [0.4, 0.5) is 4.79 Å². The Labute approximate surface area is 177 Å². The summed E-state index contributed by atoms with van der Waals surface area (Å²) in [6, 6.07) is 16.7. The molecule has 6 heteroatoms. The summed E-state index contributed by atoms with van der Waals surface area (Å²) in [5.74, 6) is -0.210. The van der Waals surface area contributed by atoms with Crippen LogP contribution in [0.5, 0.6) is 0 Å². The topological polar surface area (TPSA) is 83.2 Å². The van der Waals surface area contributed by atoms with E-state index in [0.717, 1.165) is 34.9 Å². The maximum atomic E-state index is 12.9. The van der Waals surface area contributed by atoms with Gasteiger partial charge in [0.25, 0.3) is 0 Å². The Kier molecular flexibility index (Phi) is 7.49. The Morgan fingerprint density at radius 3 is 2.53 bits per heavy atom. The number of hydrogen-bond donors (Lipinski definition) is 3. The first kappa shape index (κ1) is 21.4. The first-order valence-corrected chi connectivity index (χ1v) is 10.4. The van der Waals surface area contributed by atoms with E-state index in [1.807, 2.05) is 67.7 Å². The lowest BCUT2D eigenvalue weighted by atomic mass is 10.0. The van der Waals surface area contributed by atoms with Crippen molar-refractivity contribution in [1.82, 2.24) is 15.6 Å². The zero-order valence-electron chi connectivity index (χ0n) is 17.5. The van der Waals surface area contributed by atoms with Crippen molar-refractivity contribution in [3.05, 3.63) is 71.9 Å². The largest absolute Gasteiger partial charge is 0.445 e. The summed E-state index contributed by atoms with van der Waals surface area (Å²) < 4.78 is 5.33. The molecule has 158 valence electrons. The SMILES string of the molecule is CCCC(C)NC(=O)[C@H](Cc1c[nH]c2ccccc12)NC(=O)OCc1ccccc1. The van der Waals surface area contributed by atoms with E-state index >= 15 is 0 Å². The van der Waals surface area contributed by atoms with Crippen LogP contribution in [0.25, 0.3) is 10.9 Å². The number of ether oxygens (including phenoxy) is 1. The highest BCUT2D eigenvalue weighted by atomic mass is 16.5. The molecule has 1 heterocycles. The summed E-state index contributed by atoms with van der Waals surface area (Å²) in [6.07, 6.45) is 3.50. The van der Waals surface area contributed by atoms with Crippen LogP contribution in [-0.4, -0.2) is 29.1 Å². The van der Waals surface area contributed by atoms with E-state index in [4.69, 9.17) is 4.74 Å². The van der Waals surface area contributed by atoms with E-state index in [9.17, 15) is 9.59 Å². The van der Waals surface area contributed by atoms with Crippen molar-refractivity contribution in [1.29, 1.82) is 0 Å². The van der Waals surface area contributed by atoms with Gasteiger partial charge in [0, 0.05) is 29.6 Å². The van der Waals surface area contributed by atoms with Gasteiger partial charge >= 0.3 is 6.09 Å². The number of hydrogen-bond acceptors (Lipinski definition) is 3. The summed E-state index contributed by atoms with van der Waals surface area (Å²) in [7, 11) is 0. The Morgan fingerprint density at radius 2 is 1.77 bits per heavy atom. The molecule has 2 amide bonds. The minimum atomic E-state index is -0.730. The quantitative estimate of drug-likeness (QED) is 0.494. The van der Waals surface area contributed by atoms with E-state index in [1.165, 1.54) is 0 Å². The van der Waals surface area contributed by atoms with E-state index in [1.54, 1.807) is 0 Å². The van der Waals surface area contributed by atoms with Crippen molar-refractivity contribution in [3.63, 3.8) is 0 Å². The molecule has 2 aromatic carbocycles. The molecule has 0 radical (unpaired) electrons. The molecule has 3 aromatic rings. The number of amides is 2. The standard InChI is InChI=1S/C24H29N3O3/c1-3-9-17(2)26-23(28)22(14-19-15-25-21-13-8-7-12-20(19)21)27-24(29)30-16-18-10-5-4-6-11-18/h4-8,10-13,15,17,22,25H,3,9,14,16H2,1-2H3,(H,26,28)(H,27,29)/t17?,22-/m0/s1. The molecule has 6 nitrogen and oxygen atoms in total. The summed E-state index contributed by atoms with van der Waals surface area (Å²) >= 11 is 0. The number of para-hydroxylation sites is 1. The number of fused-ring (bicyclic) bond motifs is 1. The van der Waals surface area contributed by atoms with Crippen LogP contribution in [0, 0.1) is 0 Å². The normalized spacial score (nSPS) is 12.9. The van der Waals surface area contributed by atoms with Gasteiger partial charge in [-0.15, -0.1) is 0 Å². The van der Waals surface area contributed by atoms with Gasteiger partial charge in [0.2, 0.25) is 5.91 Å². The van der Waals surface area contributed by atoms with E-state index in [2.05, 4.69) is 22.5 Å². The molecule has 3 N–H and O–H groups in total. The zero-order chi connectivity index (χ0) is 21.3. The van der Waals surface area contributed by atoms with Crippen LogP contribution in [0.3, 0.4) is 0 Å². The van der Waals surface area contributed by atoms with Crippen molar-refractivity contribution in [3.8, 4) is 0 Å². The second kappa shape index (κ2) is 10.5. The van der Waals surface area contributed by atoms with Crippen LogP contribution in [-0.2, 0) is 22.6 Å². The summed E-state index contributed by atoms with van der Waals surface area (Å²) in [4.78, 5) is 28.5. The summed E-state index contributed by atoms with van der Waals surface area (Å²) in [5.41, 5.74) is 2.86. The Morgan fingerprint density at radius 1 is 1.03 bits per heavy atom. The van der Waals surface area contributed by atoms with E-state index in [-0.39, 0.29) is 18.6 Å². The predicted molar refractivity (Wildman–Crippen MR) is 118 cm³/mol. The lowest BCUT2D eigenvalue weighted by Crippen LogP contribution is -2.50. The highest BCUT2D eigenvalue weighted by molar-refractivity contribution is 5.88. The molecule has 0 aliphatic carbocycles. The third-order valence-electron chi connectivity index (χ3n) is 5.03. The Bertz CT molecular complexity index is 968. The molecule has 0 fully saturated rings. The number of carbonyl (C=O) groups excluding carboxylic acids is 2. The van der Waals surface area contributed by atoms with E-state index in [0.29, 0.717) is 6.42 Å². The maximum absolute atomic E-state index is 12.9. The predicted octanol–water partition coefficient (Wildman–Crippen LogP) is 4.31. The fraction of sp³-hybridized carbons (Fsp3) is 0.333. The van der Waals surface area contributed by atoms with Gasteiger partial charge in [-0.05, 0) is 30.5 Å². The van der Waals surface area contributed by atoms with Gasteiger partial charge in [-0.3, -0.25) is 4.79 Å². The maximum Gasteiger partial charge on any atom is 0.408 e. The van der Waals surface area contributed by atoms with E-state index < -0.39 is 12.1 Å². The highest BCUT2D eigenvalue weighted by Crippen LogP contribution is 2.19. The van der Waals surface area contributed by atoms with Crippen LogP contribution < -0.4 is 10.6 Å². The van der Waals surface area contributed by atoms with Gasteiger partial charge in [0.15, 0.2) is 0 Å². The Hall–Kier alpha value is -3.28. The fourth-order valence-corrected chi connectivity index (χ4v) is 3.49. The molecule has 0 saturated carbocycles. The minimum absolute atomic E-state index is 0.0371. The zero-order valence-corrected chi connectivity index (χ0v) is 17.5. The van der Waals surface area contributed by atoms with Crippen molar-refractivity contribution < 1.29 is 14.3 Å². The molecule has 0 aliphatic heterocycles. The van der Waals surface area contributed by atoms with Gasteiger partial charge in [0.05, 0.1) is 0 Å². The summed E-state index contributed by atoms with van der Waals surface area (Å²) in [5, 5.41) is 6.79. The van der Waals surface area contributed by atoms with Crippen LogP contribution in [0.15, 0.2) is 60.8 Å². The van der Waals surface area contributed by atoms with Gasteiger partial charge in [-0.2, -0.15) is 0 Å². The number of rotatable bonds is 9. The molecule has 0 aliphatic rings. The highest BCUT2D eigenvalue weighted by Gasteiger charge is 2.24. The average Bonchev–Trinajstić information content (AvgIpc) is 3.15.